The van der Waals surface area contributed by atoms with Gasteiger partial charge in [-0.2, -0.15) is 0 Å². The van der Waals surface area contributed by atoms with Crippen molar-refractivity contribution >= 4 is 29.3 Å². The van der Waals surface area contributed by atoms with Gasteiger partial charge in [-0.15, -0.1) is 0 Å². The zero-order valence-electron chi connectivity index (χ0n) is 28.6. The number of amides is 3. The van der Waals surface area contributed by atoms with Crippen LogP contribution in [-0.4, -0.2) is 102 Å². The zero-order valence-corrected chi connectivity index (χ0v) is 29.4. The monoisotopic (exact) mass is 643 g/mol. The molecule has 0 aromatic heterocycles. The van der Waals surface area contributed by atoms with Crippen molar-refractivity contribution in [1.82, 2.24) is 15.1 Å². The van der Waals surface area contributed by atoms with Crippen molar-refractivity contribution in [2.75, 3.05) is 39.8 Å². The fraction of sp³-hybridized carbons (Fsp3) is 0.750. The van der Waals surface area contributed by atoms with E-state index in [4.69, 9.17) is 16.3 Å². The zero-order chi connectivity index (χ0) is 32.7. The summed E-state index contributed by atoms with van der Waals surface area (Å²) in [5, 5.41) is 3.72. The maximum atomic E-state index is 15.1. The normalized spacial score (nSPS) is 32.5. The minimum Gasteiger partial charge on any atom is -0.368 e. The Morgan fingerprint density at radius 2 is 1.73 bits per heavy atom. The second-order valence-electron chi connectivity index (χ2n) is 16.1. The molecule has 1 unspecified atom stereocenters. The minimum absolute atomic E-state index is 0.0107. The van der Waals surface area contributed by atoms with Crippen LogP contribution in [0.2, 0.25) is 5.02 Å². The van der Waals surface area contributed by atoms with Gasteiger partial charge >= 0.3 is 5.91 Å². The summed E-state index contributed by atoms with van der Waals surface area (Å²) in [5.74, 6) is -0.253. The van der Waals surface area contributed by atoms with Crippen LogP contribution >= 0.6 is 11.6 Å². The number of likely N-dealkylation sites (N-methyl/N-ethyl adjacent to an activating group) is 2. The van der Waals surface area contributed by atoms with Gasteiger partial charge in [-0.3, -0.25) is 19.0 Å². The average Bonchev–Trinajstić information content (AvgIpc) is 3.74. The van der Waals surface area contributed by atoms with Gasteiger partial charge in [0.15, 0.2) is 6.04 Å². The number of nitrogens with one attached hydrogen (secondary N) is 1. The van der Waals surface area contributed by atoms with Crippen molar-refractivity contribution < 1.29 is 23.6 Å². The number of quaternary nitrogens is 1. The van der Waals surface area contributed by atoms with Gasteiger partial charge in [0.25, 0.3) is 11.8 Å². The molecule has 250 valence electrons. The van der Waals surface area contributed by atoms with Crippen LogP contribution in [0.15, 0.2) is 24.3 Å². The smallest absolute Gasteiger partial charge is 0.319 e. The molecule has 4 fully saturated rings. The molecule has 1 N–H and O–H groups in total. The van der Waals surface area contributed by atoms with E-state index in [0.717, 1.165) is 50.6 Å². The molecule has 4 aliphatic rings. The van der Waals surface area contributed by atoms with Gasteiger partial charge in [0.05, 0.1) is 19.0 Å². The number of halogens is 1. The summed E-state index contributed by atoms with van der Waals surface area (Å²) < 4.78 is 5.95. The highest BCUT2D eigenvalue weighted by Crippen LogP contribution is 2.43. The van der Waals surface area contributed by atoms with Gasteiger partial charge in [-0.05, 0) is 89.3 Å². The van der Waals surface area contributed by atoms with E-state index < -0.39 is 12.1 Å². The van der Waals surface area contributed by atoms with E-state index in [1.807, 2.05) is 38.2 Å². The number of likely N-dealkylation sites (tertiary alicyclic amines) is 2. The first-order valence-corrected chi connectivity index (χ1v) is 17.6. The second kappa shape index (κ2) is 13.2. The Hall–Kier alpha value is -2.00. The van der Waals surface area contributed by atoms with Crippen LogP contribution in [0.4, 0.5) is 0 Å². The summed E-state index contributed by atoms with van der Waals surface area (Å²) >= 11 is 6.26. The predicted molar refractivity (Wildman–Crippen MR) is 178 cm³/mol. The first-order valence-electron chi connectivity index (χ1n) is 17.3. The number of hydrogen-bond acceptors (Lipinski definition) is 5. The first kappa shape index (κ1) is 34.3. The summed E-state index contributed by atoms with van der Waals surface area (Å²) in [7, 11) is 1.96. The summed E-state index contributed by atoms with van der Waals surface area (Å²) in [6.45, 7) is 16.1. The molecule has 5 rings (SSSR count). The number of rotatable bonds is 7. The molecule has 1 saturated carbocycles. The maximum absolute atomic E-state index is 15.1. The lowest BCUT2D eigenvalue weighted by molar-refractivity contribution is -0.840. The SMILES string of the molecule is CCNC(=O)[C@@H]1C[C@H](N(C(=O)[C@H]2CCCO2)C2CCC(C)(C)CC2)C[N+]1(C)C(=O)[C@@H]1CN(C(C)(C)C)C[C@H]1c1ccc(Cl)cc1. The number of benzene rings is 1. The molecule has 1 aromatic rings. The highest BCUT2D eigenvalue weighted by Gasteiger charge is 2.59. The van der Waals surface area contributed by atoms with Crippen molar-refractivity contribution in [1.29, 1.82) is 0 Å². The molecule has 3 saturated heterocycles. The van der Waals surface area contributed by atoms with Crippen LogP contribution < -0.4 is 5.32 Å². The van der Waals surface area contributed by atoms with E-state index in [1.54, 1.807) is 0 Å². The standard InChI is InChI=1S/C36H55ClN4O4/c1-8-38-32(42)30-20-27(40(33(43)31-10-9-19-45-31)26-15-17-36(5,6)18-16-26)23-41(30,7)34(44)29-22-39(35(2,3)4)21-28(29)24-11-13-25(37)14-12-24/h11-14,26-31H,8-10,15-23H2,1-7H3/p+1/t27-,28-,29+,30-,31+,41?/m0/s1. The average molecular weight is 644 g/mol. The van der Waals surface area contributed by atoms with E-state index >= 15 is 4.79 Å². The molecule has 3 heterocycles. The van der Waals surface area contributed by atoms with Crippen molar-refractivity contribution in [3.8, 4) is 0 Å². The van der Waals surface area contributed by atoms with Crippen LogP contribution in [0.3, 0.4) is 0 Å². The Bertz CT molecular complexity index is 1230. The fourth-order valence-electron chi connectivity index (χ4n) is 8.52. The highest BCUT2D eigenvalue weighted by atomic mass is 35.5. The lowest BCUT2D eigenvalue weighted by Gasteiger charge is -2.43. The number of nitrogens with zero attached hydrogens (tertiary/aromatic N) is 3. The van der Waals surface area contributed by atoms with Crippen molar-refractivity contribution in [2.45, 2.75) is 122 Å². The van der Waals surface area contributed by atoms with Gasteiger partial charge in [0, 0.05) is 55.2 Å². The molecule has 0 bridgehead atoms. The van der Waals surface area contributed by atoms with E-state index in [-0.39, 0.29) is 57.1 Å². The second-order valence-corrected chi connectivity index (χ2v) is 16.5. The van der Waals surface area contributed by atoms with Crippen molar-refractivity contribution in [3.63, 3.8) is 0 Å². The van der Waals surface area contributed by atoms with E-state index in [1.165, 1.54) is 0 Å². The third kappa shape index (κ3) is 7.14. The Morgan fingerprint density at radius 3 is 2.31 bits per heavy atom. The number of ether oxygens (including phenoxy) is 1. The van der Waals surface area contributed by atoms with Gasteiger partial charge in [-0.1, -0.05) is 37.6 Å². The summed E-state index contributed by atoms with van der Waals surface area (Å²) in [5.41, 5.74) is 1.25. The minimum atomic E-state index is -0.558. The van der Waals surface area contributed by atoms with E-state index in [9.17, 15) is 9.59 Å². The molecular weight excluding hydrogens is 588 g/mol. The van der Waals surface area contributed by atoms with Crippen LogP contribution in [0.5, 0.6) is 0 Å². The van der Waals surface area contributed by atoms with Crippen molar-refractivity contribution in [2.24, 2.45) is 11.3 Å². The van der Waals surface area contributed by atoms with Crippen LogP contribution in [0.25, 0.3) is 0 Å². The molecule has 3 aliphatic heterocycles. The fourth-order valence-corrected chi connectivity index (χ4v) is 8.65. The van der Waals surface area contributed by atoms with Crippen molar-refractivity contribution in [3.05, 3.63) is 34.9 Å². The lowest BCUT2D eigenvalue weighted by Crippen LogP contribution is -2.61. The Morgan fingerprint density at radius 1 is 1.07 bits per heavy atom. The van der Waals surface area contributed by atoms with Gasteiger partial charge in [0.2, 0.25) is 0 Å². The van der Waals surface area contributed by atoms with Gasteiger partial charge in [0.1, 0.15) is 12.6 Å². The van der Waals surface area contributed by atoms with Gasteiger partial charge in [-0.25, -0.2) is 4.79 Å². The Kier molecular flexibility index (Phi) is 10.1. The molecule has 1 aromatic carbocycles. The Balaban J connectivity index is 1.50. The molecule has 0 radical (unpaired) electrons. The van der Waals surface area contributed by atoms with Crippen LogP contribution in [-0.2, 0) is 19.1 Å². The summed E-state index contributed by atoms with van der Waals surface area (Å²) in [6.07, 6.45) is 5.66. The van der Waals surface area contributed by atoms with Crippen LogP contribution in [0.1, 0.15) is 98.0 Å². The summed E-state index contributed by atoms with van der Waals surface area (Å²) in [6, 6.07) is 7.22. The molecular formula is C36H56ClN4O4+. The lowest BCUT2D eigenvalue weighted by atomic mass is 9.75. The third-order valence-corrected chi connectivity index (χ3v) is 11.6. The molecule has 1 aliphatic carbocycles. The quantitative estimate of drug-likeness (QED) is 0.404. The number of hydrogen-bond donors (Lipinski definition) is 1. The predicted octanol–water partition coefficient (Wildman–Crippen LogP) is 5.38. The molecule has 45 heavy (non-hydrogen) atoms. The third-order valence-electron chi connectivity index (χ3n) is 11.4. The maximum Gasteiger partial charge on any atom is 0.319 e. The van der Waals surface area contributed by atoms with Crippen LogP contribution in [0, 0.1) is 11.3 Å². The number of carbonyl (C=O) groups excluding carboxylic acids is 3. The first-order chi connectivity index (χ1) is 21.1. The summed E-state index contributed by atoms with van der Waals surface area (Å²) in [4.78, 5) is 47.6. The Labute approximate surface area is 275 Å². The number of carbonyl (C=O) groups is 3. The molecule has 6 atom stereocenters. The van der Waals surface area contributed by atoms with E-state index in [0.29, 0.717) is 37.7 Å². The van der Waals surface area contributed by atoms with Gasteiger partial charge < -0.3 is 15.0 Å². The molecule has 0 spiro atoms. The molecule has 9 heteroatoms. The highest BCUT2D eigenvalue weighted by molar-refractivity contribution is 6.30. The molecule has 3 amide bonds. The van der Waals surface area contributed by atoms with E-state index in [2.05, 4.69) is 49.7 Å². The largest absolute Gasteiger partial charge is 0.368 e. The molecule has 8 nitrogen and oxygen atoms in total. The topological polar surface area (TPSA) is 79.0 Å².